The number of aliphatic hydroxyl groups is 1. The van der Waals surface area contributed by atoms with Crippen LogP contribution in [0.5, 0.6) is 5.75 Å². The van der Waals surface area contributed by atoms with Crippen molar-refractivity contribution in [3.63, 3.8) is 0 Å². The summed E-state index contributed by atoms with van der Waals surface area (Å²) in [4.78, 5) is 1.14. The van der Waals surface area contributed by atoms with Crippen LogP contribution in [-0.2, 0) is 24.2 Å². The lowest BCUT2D eigenvalue weighted by molar-refractivity contribution is 0.0494. The normalized spacial score (nSPS) is 17.2. The van der Waals surface area contributed by atoms with E-state index in [1.807, 2.05) is 6.07 Å². The van der Waals surface area contributed by atoms with Gasteiger partial charge in [0.05, 0.1) is 18.9 Å². The minimum atomic E-state index is -0.00599. The van der Waals surface area contributed by atoms with Gasteiger partial charge in [0.2, 0.25) is 0 Å². The zero-order valence-electron chi connectivity index (χ0n) is 17.2. The second-order valence-corrected chi connectivity index (χ2v) is 9.00. The highest BCUT2D eigenvalue weighted by Crippen LogP contribution is 2.37. The molecule has 0 amide bonds. The van der Waals surface area contributed by atoms with Crippen molar-refractivity contribution < 1.29 is 14.6 Å². The van der Waals surface area contributed by atoms with Gasteiger partial charge >= 0.3 is 0 Å². The minimum absolute atomic E-state index is 0.00599. The number of anilines is 1. The highest BCUT2D eigenvalue weighted by molar-refractivity contribution is 8.00. The molecule has 0 bridgehead atoms. The van der Waals surface area contributed by atoms with Gasteiger partial charge in [-0.15, -0.1) is 0 Å². The molecule has 0 unspecified atom stereocenters. The molecular formula is C24H31NO3S. The van der Waals surface area contributed by atoms with Crippen LogP contribution in [0, 0.1) is 5.92 Å². The number of hydrogen-bond donors (Lipinski definition) is 1. The summed E-state index contributed by atoms with van der Waals surface area (Å²) < 4.78 is 13.9. The van der Waals surface area contributed by atoms with Crippen LogP contribution in [0.3, 0.4) is 0 Å². The summed E-state index contributed by atoms with van der Waals surface area (Å²) in [6, 6.07) is 13.0. The quantitative estimate of drug-likeness (QED) is 0.647. The lowest BCUT2D eigenvalue weighted by atomic mass is 10.00. The molecule has 1 fully saturated rings. The summed E-state index contributed by atoms with van der Waals surface area (Å²) in [5.41, 5.74) is 5.04. The standard InChI is InChI=1S/C24H31NO3S/c1-2-18-5-7-23-20(14-18)4-3-11-25(23)29-22-6-8-24(21(15-22)16-26)28-17-19-9-12-27-13-10-19/h5-8,14-15,19,26H,2-4,9-13,16-17H2,1H3. The van der Waals surface area contributed by atoms with Gasteiger partial charge in [0.25, 0.3) is 0 Å². The van der Waals surface area contributed by atoms with Gasteiger partial charge in [0.1, 0.15) is 5.75 Å². The Kier molecular flexibility index (Phi) is 7.01. The number of rotatable bonds is 7. The molecule has 0 radical (unpaired) electrons. The molecule has 0 spiro atoms. The van der Waals surface area contributed by atoms with Crippen molar-refractivity contribution in [3.8, 4) is 5.75 Å². The molecular weight excluding hydrogens is 382 g/mol. The van der Waals surface area contributed by atoms with Gasteiger partial charge in [0.15, 0.2) is 0 Å². The molecule has 2 heterocycles. The highest BCUT2D eigenvalue weighted by Gasteiger charge is 2.19. The maximum Gasteiger partial charge on any atom is 0.124 e. The molecule has 0 atom stereocenters. The molecule has 29 heavy (non-hydrogen) atoms. The van der Waals surface area contributed by atoms with Gasteiger partial charge in [-0.25, -0.2) is 0 Å². The largest absolute Gasteiger partial charge is 0.493 e. The van der Waals surface area contributed by atoms with Crippen molar-refractivity contribution in [1.82, 2.24) is 0 Å². The Balaban J connectivity index is 1.44. The molecule has 1 saturated heterocycles. The molecule has 5 heteroatoms. The Labute approximate surface area is 178 Å². The molecule has 2 aromatic rings. The van der Waals surface area contributed by atoms with E-state index in [-0.39, 0.29) is 6.61 Å². The Bertz CT molecular complexity index is 820. The molecule has 4 nitrogen and oxygen atoms in total. The zero-order chi connectivity index (χ0) is 20.1. The first-order chi connectivity index (χ1) is 14.3. The smallest absolute Gasteiger partial charge is 0.124 e. The first-order valence-electron chi connectivity index (χ1n) is 10.8. The minimum Gasteiger partial charge on any atom is -0.493 e. The van der Waals surface area contributed by atoms with Crippen molar-refractivity contribution in [3.05, 3.63) is 53.1 Å². The molecule has 2 aromatic carbocycles. The van der Waals surface area contributed by atoms with E-state index >= 15 is 0 Å². The number of nitrogens with zero attached hydrogens (tertiary/aromatic N) is 1. The lowest BCUT2D eigenvalue weighted by Gasteiger charge is -2.30. The maximum absolute atomic E-state index is 9.88. The molecule has 1 N–H and O–H groups in total. The average Bonchev–Trinajstić information content (AvgIpc) is 2.78. The van der Waals surface area contributed by atoms with E-state index in [4.69, 9.17) is 9.47 Å². The van der Waals surface area contributed by atoms with Crippen molar-refractivity contribution in [1.29, 1.82) is 0 Å². The third kappa shape index (κ3) is 5.08. The van der Waals surface area contributed by atoms with E-state index in [1.165, 1.54) is 23.2 Å². The van der Waals surface area contributed by atoms with Crippen molar-refractivity contribution >= 4 is 17.6 Å². The van der Waals surface area contributed by atoms with E-state index in [1.54, 1.807) is 11.9 Å². The van der Waals surface area contributed by atoms with Crippen molar-refractivity contribution in [2.24, 2.45) is 5.92 Å². The van der Waals surface area contributed by atoms with Gasteiger partial charge in [-0.05, 0) is 85.4 Å². The van der Waals surface area contributed by atoms with Crippen LogP contribution in [0.15, 0.2) is 41.3 Å². The second kappa shape index (κ2) is 9.88. The highest BCUT2D eigenvalue weighted by atomic mass is 32.2. The van der Waals surface area contributed by atoms with Crippen LogP contribution in [-0.4, -0.2) is 31.5 Å². The first kappa shape index (κ1) is 20.6. The lowest BCUT2D eigenvalue weighted by Crippen LogP contribution is -2.22. The summed E-state index contributed by atoms with van der Waals surface area (Å²) in [6.45, 7) is 5.59. The number of ether oxygens (including phenoxy) is 2. The fourth-order valence-electron chi connectivity index (χ4n) is 4.06. The van der Waals surface area contributed by atoms with Gasteiger partial charge in [-0.1, -0.05) is 19.1 Å². The monoisotopic (exact) mass is 413 g/mol. The Morgan fingerprint density at radius 1 is 1.17 bits per heavy atom. The fraction of sp³-hybridized carbons (Fsp3) is 0.500. The maximum atomic E-state index is 9.88. The van der Waals surface area contributed by atoms with E-state index in [2.05, 4.69) is 41.6 Å². The van der Waals surface area contributed by atoms with E-state index < -0.39 is 0 Å². The van der Waals surface area contributed by atoms with Crippen molar-refractivity contribution in [2.45, 2.75) is 50.5 Å². The van der Waals surface area contributed by atoms with Crippen molar-refractivity contribution in [2.75, 3.05) is 30.7 Å². The molecule has 0 saturated carbocycles. The Hall–Kier alpha value is -1.69. The molecule has 0 aliphatic carbocycles. The summed E-state index contributed by atoms with van der Waals surface area (Å²) >= 11 is 1.76. The van der Waals surface area contributed by atoms with Gasteiger partial charge < -0.3 is 18.9 Å². The predicted molar refractivity (Wildman–Crippen MR) is 119 cm³/mol. The van der Waals surface area contributed by atoms with Crippen LogP contribution in [0.2, 0.25) is 0 Å². The summed E-state index contributed by atoms with van der Waals surface area (Å²) in [5.74, 6) is 1.34. The topological polar surface area (TPSA) is 41.9 Å². The van der Waals surface area contributed by atoms with Crippen LogP contribution in [0.1, 0.15) is 42.9 Å². The number of aryl methyl sites for hydroxylation is 2. The molecule has 2 aliphatic heterocycles. The van der Waals surface area contributed by atoms with Crippen LogP contribution >= 0.6 is 11.9 Å². The first-order valence-corrected chi connectivity index (χ1v) is 11.6. The van der Waals surface area contributed by atoms with E-state index in [0.29, 0.717) is 12.5 Å². The number of hydrogen-bond acceptors (Lipinski definition) is 5. The molecule has 0 aromatic heterocycles. The third-order valence-electron chi connectivity index (χ3n) is 5.86. The Morgan fingerprint density at radius 3 is 2.83 bits per heavy atom. The Morgan fingerprint density at radius 2 is 2.03 bits per heavy atom. The van der Waals surface area contributed by atoms with E-state index in [0.717, 1.165) is 61.7 Å². The second-order valence-electron chi connectivity index (χ2n) is 7.91. The number of aliphatic hydroxyl groups excluding tert-OH is 1. The summed E-state index contributed by atoms with van der Waals surface area (Å²) in [7, 11) is 0. The molecule has 2 aliphatic rings. The summed E-state index contributed by atoms with van der Waals surface area (Å²) in [5, 5.41) is 9.88. The van der Waals surface area contributed by atoms with Gasteiger partial charge in [0, 0.05) is 30.2 Å². The SMILES string of the molecule is CCc1ccc2c(c1)CCCN2Sc1ccc(OCC2CCOCC2)c(CO)c1. The number of fused-ring (bicyclic) bond motifs is 1. The van der Waals surface area contributed by atoms with Crippen LogP contribution in [0.25, 0.3) is 0 Å². The van der Waals surface area contributed by atoms with Crippen LogP contribution in [0.4, 0.5) is 5.69 Å². The average molecular weight is 414 g/mol. The zero-order valence-corrected chi connectivity index (χ0v) is 18.0. The predicted octanol–water partition coefficient (Wildman–Crippen LogP) is 5.01. The van der Waals surface area contributed by atoms with Gasteiger partial charge in [-0.3, -0.25) is 0 Å². The molecule has 156 valence electrons. The molecule has 4 rings (SSSR count). The van der Waals surface area contributed by atoms with Gasteiger partial charge in [-0.2, -0.15) is 0 Å². The third-order valence-corrected chi connectivity index (χ3v) is 6.93. The van der Waals surface area contributed by atoms with Crippen LogP contribution < -0.4 is 9.04 Å². The number of benzene rings is 2. The fourth-order valence-corrected chi connectivity index (χ4v) is 5.13. The van der Waals surface area contributed by atoms with E-state index in [9.17, 15) is 5.11 Å². The summed E-state index contributed by atoms with van der Waals surface area (Å²) in [6.07, 6.45) is 5.51.